The highest BCUT2D eigenvalue weighted by molar-refractivity contribution is 5.78. The van der Waals surface area contributed by atoms with Gasteiger partial charge in [-0.3, -0.25) is 9.59 Å². The van der Waals surface area contributed by atoms with Gasteiger partial charge in [0.2, 0.25) is 11.8 Å². The molecule has 21 heavy (non-hydrogen) atoms. The number of nitrogens with zero attached hydrogens (tertiary/aromatic N) is 1. The molecule has 1 aromatic rings. The van der Waals surface area contributed by atoms with Crippen molar-refractivity contribution in [2.24, 2.45) is 5.92 Å². The third-order valence-corrected chi connectivity index (χ3v) is 4.00. The highest BCUT2D eigenvalue weighted by Gasteiger charge is 2.32. The predicted octanol–water partition coefficient (Wildman–Crippen LogP) is 2.29. The van der Waals surface area contributed by atoms with E-state index in [1.165, 1.54) is 18.1 Å². The maximum atomic E-state index is 12.5. The molecule has 4 heteroatoms. The van der Waals surface area contributed by atoms with Crippen molar-refractivity contribution in [3.63, 3.8) is 0 Å². The molecule has 0 aromatic heterocycles. The Labute approximate surface area is 126 Å². The lowest BCUT2D eigenvalue weighted by molar-refractivity contribution is -0.135. The number of carbonyl (C=O) groups excluding carboxylic acids is 2. The Hall–Kier alpha value is -1.84. The van der Waals surface area contributed by atoms with Crippen molar-refractivity contribution in [3.8, 4) is 0 Å². The molecular formula is C17H24N2O2. The topological polar surface area (TPSA) is 49.4 Å². The van der Waals surface area contributed by atoms with Crippen molar-refractivity contribution in [1.82, 2.24) is 10.2 Å². The molecule has 0 saturated carbocycles. The standard InChI is InChI=1S/C17H24N2O2/c1-12(2)17-15-7-5-4-6-14(15)9-11-19(17)16(21)8-10-18-13(3)20/h4-7,12,17H,8-11H2,1-3H3,(H,18,20). The first-order valence-corrected chi connectivity index (χ1v) is 7.62. The molecule has 1 N–H and O–H groups in total. The molecule has 0 aliphatic carbocycles. The maximum absolute atomic E-state index is 12.5. The van der Waals surface area contributed by atoms with Gasteiger partial charge >= 0.3 is 0 Å². The Morgan fingerprint density at radius 3 is 2.71 bits per heavy atom. The summed E-state index contributed by atoms with van der Waals surface area (Å²) in [6.45, 7) is 6.95. The van der Waals surface area contributed by atoms with Crippen LogP contribution >= 0.6 is 0 Å². The molecular weight excluding hydrogens is 264 g/mol. The molecule has 1 aromatic carbocycles. The lowest BCUT2D eigenvalue weighted by Gasteiger charge is -2.40. The van der Waals surface area contributed by atoms with E-state index in [1.54, 1.807) is 0 Å². The van der Waals surface area contributed by atoms with Gasteiger partial charge in [-0.2, -0.15) is 0 Å². The smallest absolute Gasteiger partial charge is 0.224 e. The quantitative estimate of drug-likeness (QED) is 0.924. The SMILES string of the molecule is CC(=O)NCCC(=O)N1CCc2ccccc2C1C(C)C. The zero-order valence-corrected chi connectivity index (χ0v) is 13.1. The Bertz CT molecular complexity index is 525. The van der Waals surface area contributed by atoms with Crippen LogP contribution in [-0.4, -0.2) is 29.8 Å². The molecule has 1 heterocycles. The van der Waals surface area contributed by atoms with E-state index in [0.29, 0.717) is 18.9 Å². The molecule has 1 atom stereocenters. The average Bonchev–Trinajstić information content (AvgIpc) is 2.45. The Morgan fingerprint density at radius 1 is 1.33 bits per heavy atom. The van der Waals surface area contributed by atoms with Crippen LogP contribution < -0.4 is 5.32 Å². The van der Waals surface area contributed by atoms with Crippen LogP contribution in [0, 0.1) is 5.92 Å². The number of fused-ring (bicyclic) bond motifs is 1. The first-order valence-electron chi connectivity index (χ1n) is 7.62. The van der Waals surface area contributed by atoms with Crippen LogP contribution in [-0.2, 0) is 16.0 Å². The van der Waals surface area contributed by atoms with Crippen molar-refractivity contribution in [2.45, 2.75) is 39.7 Å². The summed E-state index contributed by atoms with van der Waals surface area (Å²) in [5.74, 6) is 0.403. The second-order valence-corrected chi connectivity index (χ2v) is 5.96. The van der Waals surface area contributed by atoms with Crippen LogP contribution in [0.2, 0.25) is 0 Å². The minimum absolute atomic E-state index is 0.0906. The molecule has 2 amide bonds. The summed E-state index contributed by atoms with van der Waals surface area (Å²) in [5, 5.41) is 2.69. The molecule has 2 rings (SSSR count). The zero-order valence-electron chi connectivity index (χ0n) is 13.1. The van der Waals surface area contributed by atoms with Gasteiger partial charge in [-0.05, 0) is 23.5 Å². The third-order valence-electron chi connectivity index (χ3n) is 4.00. The molecule has 1 aliphatic rings. The van der Waals surface area contributed by atoms with Crippen LogP contribution in [0.5, 0.6) is 0 Å². The number of hydrogen-bond donors (Lipinski definition) is 1. The summed E-state index contributed by atoms with van der Waals surface area (Å²) in [7, 11) is 0. The molecule has 0 saturated heterocycles. The third kappa shape index (κ3) is 3.63. The summed E-state index contributed by atoms with van der Waals surface area (Å²) in [4.78, 5) is 25.4. The van der Waals surface area contributed by atoms with Crippen molar-refractivity contribution in [2.75, 3.05) is 13.1 Å². The summed E-state index contributed by atoms with van der Waals surface area (Å²) < 4.78 is 0. The summed E-state index contributed by atoms with van der Waals surface area (Å²) >= 11 is 0. The van der Waals surface area contributed by atoms with Crippen LogP contribution in [0.4, 0.5) is 0 Å². The van der Waals surface area contributed by atoms with Crippen molar-refractivity contribution >= 4 is 11.8 Å². The Balaban J connectivity index is 2.13. The fourth-order valence-corrected chi connectivity index (χ4v) is 3.09. The maximum Gasteiger partial charge on any atom is 0.224 e. The number of hydrogen-bond acceptors (Lipinski definition) is 2. The fourth-order valence-electron chi connectivity index (χ4n) is 3.09. The van der Waals surface area contributed by atoms with E-state index in [0.717, 1.165) is 13.0 Å². The first-order chi connectivity index (χ1) is 10.0. The minimum Gasteiger partial charge on any atom is -0.356 e. The van der Waals surface area contributed by atoms with E-state index >= 15 is 0 Å². The molecule has 0 radical (unpaired) electrons. The Morgan fingerprint density at radius 2 is 2.05 bits per heavy atom. The van der Waals surface area contributed by atoms with E-state index in [1.807, 2.05) is 11.0 Å². The summed E-state index contributed by atoms with van der Waals surface area (Å²) in [6.07, 6.45) is 1.27. The van der Waals surface area contributed by atoms with Crippen molar-refractivity contribution in [1.29, 1.82) is 0 Å². The monoisotopic (exact) mass is 288 g/mol. The van der Waals surface area contributed by atoms with E-state index in [4.69, 9.17) is 0 Å². The zero-order chi connectivity index (χ0) is 15.4. The lowest BCUT2D eigenvalue weighted by Crippen LogP contribution is -2.43. The van der Waals surface area contributed by atoms with Gasteiger partial charge in [-0.1, -0.05) is 38.1 Å². The molecule has 0 spiro atoms. The number of benzene rings is 1. The van der Waals surface area contributed by atoms with Gasteiger partial charge in [0.25, 0.3) is 0 Å². The molecule has 1 unspecified atom stereocenters. The second-order valence-electron chi connectivity index (χ2n) is 5.96. The first kappa shape index (κ1) is 15.5. The lowest BCUT2D eigenvalue weighted by atomic mass is 9.86. The van der Waals surface area contributed by atoms with Gasteiger partial charge in [0.1, 0.15) is 0 Å². The van der Waals surface area contributed by atoms with Gasteiger partial charge in [0.15, 0.2) is 0 Å². The fraction of sp³-hybridized carbons (Fsp3) is 0.529. The van der Waals surface area contributed by atoms with Gasteiger partial charge < -0.3 is 10.2 Å². The highest BCUT2D eigenvalue weighted by atomic mass is 16.2. The average molecular weight is 288 g/mol. The van der Waals surface area contributed by atoms with E-state index in [-0.39, 0.29) is 17.9 Å². The largest absolute Gasteiger partial charge is 0.356 e. The van der Waals surface area contributed by atoms with Crippen LogP contribution in [0.3, 0.4) is 0 Å². The second kappa shape index (κ2) is 6.74. The van der Waals surface area contributed by atoms with Gasteiger partial charge in [0.05, 0.1) is 6.04 Å². The van der Waals surface area contributed by atoms with Gasteiger partial charge in [0, 0.05) is 26.4 Å². The molecule has 0 bridgehead atoms. The molecule has 1 aliphatic heterocycles. The number of nitrogens with one attached hydrogen (secondary N) is 1. The van der Waals surface area contributed by atoms with Crippen LogP contribution in [0.15, 0.2) is 24.3 Å². The van der Waals surface area contributed by atoms with E-state index < -0.39 is 0 Å². The highest BCUT2D eigenvalue weighted by Crippen LogP contribution is 2.35. The van der Waals surface area contributed by atoms with Crippen molar-refractivity contribution in [3.05, 3.63) is 35.4 Å². The predicted molar refractivity (Wildman–Crippen MR) is 82.7 cm³/mol. The van der Waals surface area contributed by atoms with Crippen LogP contribution in [0.25, 0.3) is 0 Å². The normalized spacial score (nSPS) is 17.5. The molecule has 4 nitrogen and oxygen atoms in total. The van der Waals surface area contributed by atoms with Gasteiger partial charge in [-0.15, -0.1) is 0 Å². The minimum atomic E-state index is -0.0906. The van der Waals surface area contributed by atoms with Crippen LogP contribution in [0.1, 0.15) is 44.4 Å². The number of rotatable bonds is 4. The number of carbonyl (C=O) groups is 2. The summed E-state index contributed by atoms with van der Waals surface area (Å²) in [5.41, 5.74) is 2.62. The Kier molecular flexibility index (Phi) is 4.99. The number of amides is 2. The molecule has 114 valence electrons. The van der Waals surface area contributed by atoms with Crippen molar-refractivity contribution < 1.29 is 9.59 Å². The summed E-state index contributed by atoms with van der Waals surface area (Å²) in [6, 6.07) is 8.53. The van der Waals surface area contributed by atoms with E-state index in [2.05, 4.69) is 37.4 Å². The molecule has 0 fully saturated rings. The van der Waals surface area contributed by atoms with E-state index in [9.17, 15) is 9.59 Å². The van der Waals surface area contributed by atoms with Gasteiger partial charge in [-0.25, -0.2) is 0 Å².